The molecular weight excluding hydrogens is 224 g/mol. The van der Waals surface area contributed by atoms with Gasteiger partial charge in [-0.1, -0.05) is 0 Å². The van der Waals surface area contributed by atoms with Crippen molar-refractivity contribution in [1.29, 1.82) is 0 Å². The van der Waals surface area contributed by atoms with Gasteiger partial charge in [-0.25, -0.2) is 4.39 Å². The number of hydrogen-bond donors (Lipinski definition) is 0. The zero-order chi connectivity index (χ0) is 11.4. The van der Waals surface area contributed by atoms with Gasteiger partial charge >= 0.3 is 15.0 Å². The summed E-state index contributed by atoms with van der Waals surface area (Å²) in [6.45, 7) is 0. The first-order valence-electron chi connectivity index (χ1n) is 3.67. The lowest BCUT2D eigenvalue weighted by Crippen LogP contribution is -2.53. The number of rotatable bonds is 5. The van der Waals surface area contributed by atoms with E-state index in [2.05, 4.69) is 13.3 Å². The molecule has 0 rings (SSSR count). The summed E-state index contributed by atoms with van der Waals surface area (Å²) in [5.41, 5.74) is 0. The van der Waals surface area contributed by atoms with E-state index < -0.39 is 27.2 Å². The molecule has 0 spiro atoms. The normalized spacial score (nSPS) is 15.6. The quantitative estimate of drug-likeness (QED) is 0.537. The second-order valence-electron chi connectivity index (χ2n) is 2.50. The highest BCUT2D eigenvalue weighted by Gasteiger charge is 2.52. The highest BCUT2D eigenvalue weighted by Crippen LogP contribution is 2.28. The third-order valence-electron chi connectivity index (χ3n) is 1.65. The second kappa shape index (κ2) is 5.05. The largest absolute Gasteiger partial charge is 0.536 e. The van der Waals surface area contributed by atoms with Crippen molar-refractivity contribution in [2.45, 2.75) is 18.4 Å². The van der Waals surface area contributed by atoms with Crippen LogP contribution in [0.1, 0.15) is 6.42 Å². The van der Waals surface area contributed by atoms with Crippen molar-refractivity contribution in [2.75, 3.05) is 21.3 Å². The summed E-state index contributed by atoms with van der Waals surface area (Å²) >= 11 is 0. The van der Waals surface area contributed by atoms with Crippen LogP contribution < -0.4 is 0 Å². The Morgan fingerprint density at radius 3 is 1.64 bits per heavy atom. The summed E-state index contributed by atoms with van der Waals surface area (Å²) in [4.78, 5) is 0. The molecule has 0 heterocycles. The lowest BCUT2D eigenvalue weighted by Gasteiger charge is -2.27. The predicted octanol–water partition coefficient (Wildman–Crippen LogP) is 1.69. The first kappa shape index (κ1) is 13.8. The third-order valence-corrected chi connectivity index (χ3v) is 4.33. The fourth-order valence-electron chi connectivity index (χ4n) is 0.962. The monoisotopic (exact) mass is 236 g/mol. The van der Waals surface area contributed by atoms with Gasteiger partial charge in [-0.15, -0.1) is 0 Å². The van der Waals surface area contributed by atoms with Crippen molar-refractivity contribution < 1.29 is 30.8 Å². The Labute approximate surface area is 80.3 Å². The maximum Gasteiger partial charge on any atom is 0.536 e. The zero-order valence-corrected chi connectivity index (χ0v) is 9.02. The Morgan fingerprint density at radius 2 is 1.43 bits per heavy atom. The Bertz CT molecular complexity index is 163. The van der Waals surface area contributed by atoms with E-state index in [-0.39, 0.29) is 0 Å². The van der Waals surface area contributed by atoms with Crippen molar-refractivity contribution in [1.82, 2.24) is 0 Å². The van der Waals surface area contributed by atoms with Crippen LogP contribution in [0.4, 0.5) is 17.6 Å². The van der Waals surface area contributed by atoms with E-state index in [4.69, 9.17) is 0 Å². The lowest BCUT2D eigenvalue weighted by molar-refractivity contribution is -0.145. The fourth-order valence-corrected chi connectivity index (χ4v) is 2.71. The molecule has 0 aromatic carbocycles. The highest BCUT2D eigenvalue weighted by molar-refractivity contribution is 6.62. The molecule has 0 N–H and O–H groups in total. The van der Waals surface area contributed by atoms with Crippen LogP contribution in [0.5, 0.6) is 0 Å². The number of alkyl halides is 4. The Kier molecular flexibility index (Phi) is 4.99. The summed E-state index contributed by atoms with van der Waals surface area (Å²) in [5, 5.41) is 0. The molecule has 0 radical (unpaired) electrons. The van der Waals surface area contributed by atoms with Crippen molar-refractivity contribution in [3.8, 4) is 0 Å². The molecule has 3 nitrogen and oxygen atoms in total. The van der Waals surface area contributed by atoms with Gasteiger partial charge in [0, 0.05) is 21.3 Å². The van der Waals surface area contributed by atoms with Crippen LogP contribution in [0.25, 0.3) is 0 Å². The predicted molar refractivity (Wildman–Crippen MR) is 42.3 cm³/mol. The van der Waals surface area contributed by atoms with Gasteiger partial charge in [0.25, 0.3) is 0 Å². The molecule has 1 unspecified atom stereocenters. The van der Waals surface area contributed by atoms with Crippen LogP contribution in [0.3, 0.4) is 0 Å². The average Bonchev–Trinajstić information content (AvgIpc) is 2.05. The third kappa shape index (κ3) is 3.52. The molecule has 86 valence electrons. The molecule has 14 heavy (non-hydrogen) atoms. The molecule has 0 aromatic rings. The van der Waals surface area contributed by atoms with E-state index in [1.54, 1.807) is 0 Å². The van der Waals surface area contributed by atoms with Crippen molar-refractivity contribution in [2.24, 2.45) is 0 Å². The van der Waals surface area contributed by atoms with Gasteiger partial charge in [0.1, 0.15) is 0 Å². The lowest BCUT2D eigenvalue weighted by atomic mass is 10.5. The minimum Gasteiger partial charge on any atom is -0.375 e. The van der Waals surface area contributed by atoms with Gasteiger partial charge < -0.3 is 13.3 Å². The van der Waals surface area contributed by atoms with E-state index in [0.717, 1.165) is 21.3 Å². The molecule has 0 aliphatic rings. The van der Waals surface area contributed by atoms with E-state index in [1.807, 2.05) is 0 Å². The van der Waals surface area contributed by atoms with E-state index in [9.17, 15) is 17.6 Å². The van der Waals surface area contributed by atoms with Crippen molar-refractivity contribution >= 4 is 8.80 Å². The molecule has 0 fully saturated rings. The molecule has 0 aliphatic heterocycles. The average molecular weight is 236 g/mol. The van der Waals surface area contributed by atoms with Gasteiger partial charge in [0.2, 0.25) is 0 Å². The fraction of sp³-hybridized carbons (Fsp3) is 1.00. The van der Waals surface area contributed by atoms with Crippen LogP contribution in [0, 0.1) is 0 Å². The minimum absolute atomic E-state index is 1.06. The molecule has 0 aliphatic carbocycles. The summed E-state index contributed by atoms with van der Waals surface area (Å²) in [7, 11) is -0.644. The molecule has 1 atom stereocenters. The standard InChI is InChI=1S/C6H12F4O3Si/c1-11-14(12-2,13-3)5(7)4-6(8,9)10/h5H,4H2,1-3H3. The maximum atomic E-state index is 13.2. The van der Waals surface area contributed by atoms with Crippen LogP contribution in [0.2, 0.25) is 0 Å². The molecule has 0 saturated carbocycles. The van der Waals surface area contributed by atoms with Crippen LogP contribution in [-0.2, 0) is 13.3 Å². The molecule has 0 saturated heterocycles. The topological polar surface area (TPSA) is 27.7 Å². The van der Waals surface area contributed by atoms with Crippen molar-refractivity contribution in [3.63, 3.8) is 0 Å². The summed E-state index contributed by atoms with van der Waals surface area (Å²) in [5.74, 6) is -2.30. The van der Waals surface area contributed by atoms with Gasteiger partial charge in [-0.3, -0.25) is 0 Å². The van der Waals surface area contributed by atoms with E-state index >= 15 is 0 Å². The zero-order valence-electron chi connectivity index (χ0n) is 8.02. The summed E-state index contributed by atoms with van der Waals surface area (Å²) in [6, 6.07) is 0. The summed E-state index contributed by atoms with van der Waals surface area (Å²) in [6.07, 6.45) is -6.23. The first-order valence-corrected chi connectivity index (χ1v) is 5.47. The highest BCUT2D eigenvalue weighted by atomic mass is 28.4. The smallest absolute Gasteiger partial charge is 0.375 e. The van der Waals surface area contributed by atoms with Gasteiger partial charge in [-0.2, -0.15) is 13.2 Å². The Morgan fingerprint density at radius 1 is 1.07 bits per heavy atom. The molecule has 0 bridgehead atoms. The number of halogens is 4. The minimum atomic E-state index is -4.60. The first-order chi connectivity index (χ1) is 6.31. The van der Waals surface area contributed by atoms with Crippen LogP contribution in [-0.4, -0.2) is 42.1 Å². The maximum absolute atomic E-state index is 13.2. The van der Waals surface area contributed by atoms with Gasteiger partial charge in [0.05, 0.1) is 6.42 Å². The number of hydrogen-bond acceptors (Lipinski definition) is 3. The van der Waals surface area contributed by atoms with Gasteiger partial charge in [-0.05, 0) is 0 Å². The van der Waals surface area contributed by atoms with E-state index in [0.29, 0.717) is 0 Å². The Hall–Kier alpha value is -0.183. The molecular formula is C6H12F4O3Si. The molecule has 8 heteroatoms. The van der Waals surface area contributed by atoms with Crippen LogP contribution >= 0.6 is 0 Å². The van der Waals surface area contributed by atoms with Crippen molar-refractivity contribution in [3.05, 3.63) is 0 Å². The molecule has 0 amide bonds. The second-order valence-corrected chi connectivity index (χ2v) is 5.56. The van der Waals surface area contributed by atoms with E-state index in [1.165, 1.54) is 0 Å². The Balaban J connectivity index is 4.52. The van der Waals surface area contributed by atoms with Crippen LogP contribution in [0.15, 0.2) is 0 Å². The summed E-state index contributed by atoms with van der Waals surface area (Å²) < 4.78 is 62.5. The SMILES string of the molecule is CO[Si](OC)(OC)C(F)CC(F)(F)F. The van der Waals surface area contributed by atoms with Gasteiger partial charge in [0.15, 0.2) is 5.79 Å². The molecule has 0 aromatic heterocycles.